The second-order valence-electron chi connectivity index (χ2n) is 9.28. The van der Waals surface area contributed by atoms with E-state index in [1.165, 1.54) is 4.90 Å². The van der Waals surface area contributed by atoms with Crippen LogP contribution in [0.25, 0.3) is 5.57 Å². The van der Waals surface area contributed by atoms with Crippen LogP contribution in [0.4, 0.5) is 0 Å². The lowest BCUT2D eigenvalue weighted by molar-refractivity contribution is -0.138. The molecule has 1 amide bonds. The minimum Gasteiger partial charge on any atom is -0.463 e. The van der Waals surface area contributed by atoms with E-state index in [0.29, 0.717) is 34.9 Å². The fourth-order valence-corrected chi connectivity index (χ4v) is 5.13. The van der Waals surface area contributed by atoms with Crippen molar-refractivity contribution in [2.45, 2.75) is 19.3 Å². The van der Waals surface area contributed by atoms with Gasteiger partial charge in [-0.2, -0.15) is 0 Å². The first-order valence-electron chi connectivity index (χ1n) is 12.6. The van der Waals surface area contributed by atoms with Crippen LogP contribution in [0.2, 0.25) is 0 Å². The Kier molecular flexibility index (Phi) is 6.88. The topological polar surface area (TPSA) is 59.1 Å². The third-order valence-corrected chi connectivity index (χ3v) is 7.06. The number of hydrogen-bond donors (Lipinski definition) is 0. The van der Waals surface area contributed by atoms with Crippen molar-refractivity contribution in [3.8, 4) is 11.5 Å². The number of amides is 1. The quantitative estimate of drug-likeness (QED) is 0.378. The molecule has 3 aromatic carbocycles. The maximum Gasteiger partial charge on any atom is 0.335 e. The standard InChI is InChI=1S/C32H30N2O4/c1-5-37-32(36)29-26(22-13-8-6-9-14-22)20-27-30(31(35)34(4)21(2)33(27)3)28(29)23-15-12-18-25(19-23)38-24-16-10-7-11-17-24/h6-19,28H,2,5,20H2,1,3-4H3. The van der Waals surface area contributed by atoms with E-state index in [4.69, 9.17) is 9.47 Å². The summed E-state index contributed by atoms with van der Waals surface area (Å²) >= 11 is 0. The van der Waals surface area contributed by atoms with E-state index in [-0.39, 0.29) is 12.5 Å². The predicted octanol–water partition coefficient (Wildman–Crippen LogP) is 6.11. The Morgan fingerprint density at radius 1 is 0.921 bits per heavy atom. The normalized spacial score (nSPS) is 17.5. The number of likely N-dealkylation sites (N-methyl/N-ethyl adjacent to an activating group) is 1. The summed E-state index contributed by atoms with van der Waals surface area (Å²) in [7, 11) is 3.61. The van der Waals surface area contributed by atoms with E-state index >= 15 is 0 Å². The number of allylic oxidation sites excluding steroid dienone is 1. The van der Waals surface area contributed by atoms with E-state index in [9.17, 15) is 9.59 Å². The van der Waals surface area contributed by atoms with Crippen molar-refractivity contribution >= 4 is 17.4 Å². The summed E-state index contributed by atoms with van der Waals surface area (Å²) in [5, 5.41) is 0. The number of ether oxygens (including phenoxy) is 2. The molecule has 0 bridgehead atoms. The molecule has 6 nitrogen and oxygen atoms in total. The van der Waals surface area contributed by atoms with E-state index in [1.54, 1.807) is 14.0 Å². The van der Waals surface area contributed by atoms with Gasteiger partial charge in [0.15, 0.2) is 0 Å². The predicted molar refractivity (Wildman–Crippen MR) is 147 cm³/mol. The minimum atomic E-state index is -0.655. The first-order valence-corrected chi connectivity index (χ1v) is 12.6. The highest BCUT2D eigenvalue weighted by molar-refractivity contribution is 6.08. The molecule has 0 saturated carbocycles. The molecule has 1 aliphatic carbocycles. The van der Waals surface area contributed by atoms with Gasteiger partial charge in [0.05, 0.1) is 12.2 Å². The van der Waals surface area contributed by atoms with Gasteiger partial charge >= 0.3 is 5.97 Å². The molecule has 5 rings (SSSR count). The molecule has 1 aliphatic heterocycles. The molecule has 1 unspecified atom stereocenters. The average molecular weight is 507 g/mol. The van der Waals surface area contributed by atoms with Crippen LogP contribution >= 0.6 is 0 Å². The minimum absolute atomic E-state index is 0.184. The molecule has 0 N–H and O–H groups in total. The van der Waals surface area contributed by atoms with Crippen LogP contribution in [0.5, 0.6) is 11.5 Å². The summed E-state index contributed by atoms with van der Waals surface area (Å²) in [6, 6.07) is 26.9. The fraction of sp³-hybridized carbons (Fsp3) is 0.188. The lowest BCUT2D eigenvalue weighted by Crippen LogP contribution is -2.44. The third-order valence-electron chi connectivity index (χ3n) is 7.06. The van der Waals surface area contributed by atoms with Crippen LogP contribution in [-0.4, -0.2) is 42.4 Å². The van der Waals surface area contributed by atoms with E-state index in [1.807, 2.05) is 96.9 Å². The molecule has 1 heterocycles. The van der Waals surface area contributed by atoms with Crippen LogP contribution in [0.3, 0.4) is 0 Å². The van der Waals surface area contributed by atoms with Gasteiger partial charge in [0.25, 0.3) is 5.91 Å². The molecule has 2 aliphatic rings. The molecule has 0 radical (unpaired) electrons. The molecule has 3 aromatic rings. The number of carbonyl (C=O) groups excluding carboxylic acids is 2. The van der Waals surface area contributed by atoms with Gasteiger partial charge in [-0.1, -0.05) is 67.2 Å². The van der Waals surface area contributed by atoms with Gasteiger partial charge in [-0.3, -0.25) is 9.69 Å². The van der Waals surface area contributed by atoms with Gasteiger partial charge in [0.1, 0.15) is 17.3 Å². The maximum absolute atomic E-state index is 13.8. The zero-order valence-corrected chi connectivity index (χ0v) is 21.8. The van der Waals surface area contributed by atoms with Crippen LogP contribution in [-0.2, 0) is 14.3 Å². The SMILES string of the molecule is C=C1N(C)C(=O)C2=C(CC(c3ccccc3)=C(C(=O)OCC)C2c2cccc(Oc3ccccc3)c2)N1C. The number of hydrogen-bond acceptors (Lipinski definition) is 5. The van der Waals surface area contributed by atoms with Crippen molar-refractivity contribution in [2.24, 2.45) is 0 Å². The monoisotopic (exact) mass is 506 g/mol. The highest BCUT2D eigenvalue weighted by atomic mass is 16.5. The molecular formula is C32H30N2O4. The number of rotatable bonds is 6. The van der Waals surface area contributed by atoms with Crippen molar-refractivity contribution in [3.63, 3.8) is 0 Å². The number of carbonyl (C=O) groups is 2. The van der Waals surface area contributed by atoms with Gasteiger partial charge in [-0.15, -0.1) is 0 Å². The second kappa shape index (κ2) is 10.4. The molecule has 0 fully saturated rings. The van der Waals surface area contributed by atoms with Gasteiger partial charge in [0, 0.05) is 37.7 Å². The molecule has 1 atom stereocenters. The summed E-state index contributed by atoms with van der Waals surface area (Å²) in [4.78, 5) is 31.0. The maximum atomic E-state index is 13.8. The van der Waals surface area contributed by atoms with Crippen LogP contribution in [0.1, 0.15) is 30.4 Å². The smallest absolute Gasteiger partial charge is 0.335 e. The molecule has 0 spiro atoms. The Morgan fingerprint density at radius 3 is 2.26 bits per heavy atom. The number of nitrogens with zero attached hydrogens (tertiary/aromatic N) is 2. The van der Waals surface area contributed by atoms with Crippen molar-refractivity contribution < 1.29 is 19.1 Å². The molecule has 0 saturated heterocycles. The summed E-state index contributed by atoms with van der Waals surface area (Å²) in [6.45, 7) is 6.14. The Bertz CT molecular complexity index is 1460. The number of esters is 1. The largest absolute Gasteiger partial charge is 0.463 e. The summed E-state index contributed by atoms with van der Waals surface area (Å²) in [5.74, 6) is 0.624. The highest BCUT2D eigenvalue weighted by Gasteiger charge is 2.44. The average Bonchev–Trinajstić information content (AvgIpc) is 2.95. The first kappa shape index (κ1) is 25.1. The van der Waals surface area contributed by atoms with E-state index in [0.717, 1.165) is 22.4 Å². The summed E-state index contributed by atoms with van der Waals surface area (Å²) < 4.78 is 11.7. The van der Waals surface area contributed by atoms with E-state index in [2.05, 4.69) is 6.58 Å². The summed E-state index contributed by atoms with van der Waals surface area (Å²) in [6.07, 6.45) is 0.402. The molecule has 192 valence electrons. The lowest BCUT2D eigenvalue weighted by Gasteiger charge is -2.43. The Hall–Kier alpha value is -4.58. The van der Waals surface area contributed by atoms with Gasteiger partial charge in [-0.05, 0) is 47.9 Å². The zero-order chi connectivity index (χ0) is 26.8. The Labute approximate surface area is 223 Å². The van der Waals surface area contributed by atoms with Gasteiger partial charge in [0.2, 0.25) is 0 Å². The van der Waals surface area contributed by atoms with Crippen LogP contribution in [0.15, 0.2) is 114 Å². The molecule has 38 heavy (non-hydrogen) atoms. The number of para-hydroxylation sites is 1. The highest BCUT2D eigenvalue weighted by Crippen LogP contribution is 2.49. The van der Waals surface area contributed by atoms with Crippen LogP contribution < -0.4 is 4.74 Å². The zero-order valence-electron chi connectivity index (χ0n) is 21.8. The molecular weight excluding hydrogens is 476 g/mol. The van der Waals surface area contributed by atoms with Gasteiger partial charge < -0.3 is 14.4 Å². The van der Waals surface area contributed by atoms with Gasteiger partial charge in [-0.25, -0.2) is 4.79 Å². The summed E-state index contributed by atoms with van der Waals surface area (Å²) in [5.41, 5.74) is 4.35. The first-order chi connectivity index (χ1) is 18.4. The Morgan fingerprint density at radius 2 is 1.58 bits per heavy atom. The van der Waals surface area contributed by atoms with Crippen LogP contribution in [0, 0.1) is 0 Å². The fourth-order valence-electron chi connectivity index (χ4n) is 5.13. The van der Waals surface area contributed by atoms with E-state index < -0.39 is 11.9 Å². The second-order valence-corrected chi connectivity index (χ2v) is 9.28. The molecule has 6 heteroatoms. The lowest BCUT2D eigenvalue weighted by atomic mass is 9.73. The number of benzene rings is 3. The third kappa shape index (κ3) is 4.50. The van der Waals surface area contributed by atoms with Crippen molar-refractivity contribution in [2.75, 3.05) is 20.7 Å². The Balaban J connectivity index is 1.74. The van der Waals surface area contributed by atoms with Crippen molar-refractivity contribution in [1.29, 1.82) is 0 Å². The van der Waals surface area contributed by atoms with Crippen molar-refractivity contribution in [3.05, 3.63) is 125 Å². The van der Waals surface area contributed by atoms with Crippen molar-refractivity contribution in [1.82, 2.24) is 9.80 Å². The molecule has 0 aromatic heterocycles.